The van der Waals surface area contributed by atoms with Crippen LogP contribution < -0.4 is 0 Å². The van der Waals surface area contributed by atoms with Gasteiger partial charge >= 0.3 is 5.97 Å². The molecule has 0 unspecified atom stereocenters. The smallest absolute Gasteiger partial charge is 0.311 e. The summed E-state index contributed by atoms with van der Waals surface area (Å²) in [5.41, 5.74) is 1.94. The van der Waals surface area contributed by atoms with E-state index in [1.54, 1.807) is 6.92 Å². The first-order chi connectivity index (χ1) is 11.5. The van der Waals surface area contributed by atoms with E-state index in [2.05, 4.69) is 4.98 Å². The van der Waals surface area contributed by atoms with Crippen molar-refractivity contribution < 1.29 is 18.3 Å². The fourth-order valence-electron chi connectivity index (χ4n) is 3.30. The van der Waals surface area contributed by atoms with Crippen molar-refractivity contribution in [2.24, 2.45) is 0 Å². The minimum Gasteiger partial charge on any atom is -0.466 e. The molecule has 0 saturated heterocycles. The lowest BCUT2D eigenvalue weighted by atomic mass is 9.93. The number of nitrogens with one attached hydrogen (secondary N) is 1. The van der Waals surface area contributed by atoms with Gasteiger partial charge in [-0.15, -0.1) is 0 Å². The van der Waals surface area contributed by atoms with Crippen LogP contribution in [0.1, 0.15) is 36.2 Å². The number of nitrogens with zero attached hydrogens (tertiary/aromatic N) is 1. The largest absolute Gasteiger partial charge is 0.466 e. The lowest BCUT2D eigenvalue weighted by molar-refractivity contribution is -0.142. The second kappa shape index (κ2) is 6.84. The maximum absolute atomic E-state index is 13.9. The van der Waals surface area contributed by atoms with Crippen LogP contribution >= 0.6 is 12.2 Å². The van der Waals surface area contributed by atoms with Crippen LogP contribution in [-0.2, 0) is 28.9 Å². The van der Waals surface area contributed by atoms with Crippen LogP contribution in [0.5, 0.6) is 0 Å². The predicted octanol–water partition coefficient (Wildman–Crippen LogP) is 3.66. The molecule has 7 heteroatoms. The van der Waals surface area contributed by atoms with Gasteiger partial charge in [-0.2, -0.15) is 0 Å². The summed E-state index contributed by atoms with van der Waals surface area (Å²) >= 11 is 5.30. The lowest BCUT2D eigenvalue weighted by Gasteiger charge is -2.12. The number of imidazole rings is 1. The minimum absolute atomic E-state index is 0.0151. The topological polar surface area (TPSA) is 47.0 Å². The lowest BCUT2D eigenvalue weighted by Crippen LogP contribution is -2.11. The Kier molecular flexibility index (Phi) is 4.80. The number of carbonyl (C=O) groups excluding carboxylic acids is 1. The quantitative estimate of drug-likeness (QED) is 0.660. The third-order valence-corrected chi connectivity index (χ3v) is 4.61. The van der Waals surface area contributed by atoms with Crippen LogP contribution in [0.4, 0.5) is 8.78 Å². The van der Waals surface area contributed by atoms with Gasteiger partial charge < -0.3 is 14.3 Å². The zero-order valence-electron chi connectivity index (χ0n) is 13.3. The monoisotopic (exact) mass is 352 g/mol. The minimum atomic E-state index is -0.456. The van der Waals surface area contributed by atoms with Crippen LogP contribution in [0.15, 0.2) is 18.2 Å². The molecule has 0 fully saturated rings. The zero-order chi connectivity index (χ0) is 17.3. The van der Waals surface area contributed by atoms with E-state index in [1.165, 1.54) is 6.07 Å². The molecule has 1 aliphatic heterocycles. The highest BCUT2D eigenvalue weighted by Crippen LogP contribution is 2.34. The standard InChI is InChI=1S/C17H18F2N2O2S/c1-2-23-15(22)9-14-16-10(5-6-21(16)17(24)20-14)7-11-8-12(18)3-4-13(11)19/h3-4,8,10H,2,5-7,9H2,1H3,(H,20,24)/t10-/m1/s1. The van der Waals surface area contributed by atoms with Crippen molar-refractivity contribution in [1.82, 2.24) is 9.55 Å². The highest BCUT2D eigenvalue weighted by atomic mass is 32.1. The van der Waals surface area contributed by atoms with Crippen molar-refractivity contribution >= 4 is 18.2 Å². The first-order valence-corrected chi connectivity index (χ1v) is 8.31. The third-order valence-electron chi connectivity index (χ3n) is 4.29. The number of esters is 1. The maximum atomic E-state index is 13.9. The molecule has 1 aromatic heterocycles. The molecule has 1 aromatic carbocycles. The Morgan fingerprint density at radius 1 is 1.46 bits per heavy atom. The summed E-state index contributed by atoms with van der Waals surface area (Å²) in [6, 6.07) is 3.48. The van der Waals surface area contributed by atoms with E-state index < -0.39 is 11.6 Å². The van der Waals surface area contributed by atoms with Gasteiger partial charge in [0.05, 0.1) is 13.0 Å². The van der Waals surface area contributed by atoms with Gasteiger partial charge in [0.1, 0.15) is 11.6 Å². The maximum Gasteiger partial charge on any atom is 0.311 e. The SMILES string of the molecule is CCOC(=O)Cc1[nH]c(=S)n2c1[C@@H](Cc1cc(F)ccc1F)CC2. The van der Waals surface area contributed by atoms with Gasteiger partial charge in [-0.3, -0.25) is 4.79 Å². The molecule has 128 valence electrons. The Morgan fingerprint density at radius 3 is 3.00 bits per heavy atom. The van der Waals surface area contributed by atoms with Crippen molar-refractivity contribution in [2.75, 3.05) is 6.61 Å². The summed E-state index contributed by atoms with van der Waals surface area (Å²) in [6.07, 6.45) is 1.24. The van der Waals surface area contributed by atoms with Gasteiger partial charge in [-0.1, -0.05) is 0 Å². The number of aromatic amines is 1. The summed E-state index contributed by atoms with van der Waals surface area (Å²) < 4.78 is 34.8. The van der Waals surface area contributed by atoms with Crippen molar-refractivity contribution in [3.05, 3.63) is 51.6 Å². The van der Waals surface area contributed by atoms with Crippen molar-refractivity contribution in [3.8, 4) is 0 Å². The highest BCUT2D eigenvalue weighted by molar-refractivity contribution is 7.71. The summed E-state index contributed by atoms with van der Waals surface area (Å²) in [5.74, 6) is -1.23. The molecule has 2 heterocycles. The molecule has 1 atom stereocenters. The van der Waals surface area contributed by atoms with Gasteiger partial charge in [0.25, 0.3) is 0 Å². The van der Waals surface area contributed by atoms with Crippen molar-refractivity contribution in [1.29, 1.82) is 0 Å². The average molecular weight is 352 g/mol. The van der Waals surface area contributed by atoms with Crippen LogP contribution in [0.25, 0.3) is 0 Å². The molecule has 24 heavy (non-hydrogen) atoms. The van der Waals surface area contributed by atoms with E-state index in [9.17, 15) is 13.6 Å². The molecular weight excluding hydrogens is 334 g/mol. The van der Waals surface area contributed by atoms with Crippen LogP contribution in [0.3, 0.4) is 0 Å². The van der Waals surface area contributed by atoms with Crippen LogP contribution in [-0.4, -0.2) is 22.1 Å². The molecule has 4 nitrogen and oxygen atoms in total. The Bertz CT molecular complexity index is 828. The van der Waals surface area contributed by atoms with Gasteiger partial charge in [0.15, 0.2) is 4.77 Å². The van der Waals surface area contributed by atoms with Gasteiger partial charge in [0.2, 0.25) is 0 Å². The van der Waals surface area contributed by atoms with E-state index in [0.29, 0.717) is 35.6 Å². The molecule has 0 spiro atoms. The fraction of sp³-hybridized carbons (Fsp3) is 0.412. The number of halogens is 2. The number of aromatic nitrogens is 2. The number of carbonyl (C=O) groups is 1. The number of hydrogen-bond donors (Lipinski definition) is 1. The Morgan fingerprint density at radius 2 is 2.25 bits per heavy atom. The van der Waals surface area contributed by atoms with E-state index in [-0.39, 0.29) is 18.3 Å². The van der Waals surface area contributed by atoms with Gasteiger partial charge in [0, 0.05) is 23.9 Å². The van der Waals surface area contributed by atoms with Gasteiger partial charge in [-0.05, 0) is 55.7 Å². The summed E-state index contributed by atoms with van der Waals surface area (Å²) in [5, 5.41) is 0. The molecule has 1 aliphatic rings. The normalized spacial score (nSPS) is 16.2. The molecule has 0 amide bonds. The van der Waals surface area contributed by atoms with Crippen molar-refractivity contribution in [3.63, 3.8) is 0 Å². The predicted molar refractivity (Wildman–Crippen MR) is 87.4 cm³/mol. The van der Waals surface area contributed by atoms with Crippen LogP contribution in [0.2, 0.25) is 0 Å². The molecule has 0 bridgehead atoms. The third kappa shape index (κ3) is 3.26. The summed E-state index contributed by atoms with van der Waals surface area (Å²) in [7, 11) is 0. The van der Waals surface area contributed by atoms with E-state index in [0.717, 1.165) is 24.2 Å². The molecule has 0 radical (unpaired) electrons. The Labute approximate surface area is 143 Å². The Hall–Kier alpha value is -2.02. The van der Waals surface area contributed by atoms with E-state index in [1.807, 2.05) is 4.57 Å². The molecule has 0 saturated carbocycles. The summed E-state index contributed by atoms with van der Waals surface area (Å²) in [6.45, 7) is 2.77. The summed E-state index contributed by atoms with van der Waals surface area (Å²) in [4.78, 5) is 14.8. The molecule has 0 aliphatic carbocycles. The number of ether oxygens (including phenoxy) is 1. The van der Waals surface area contributed by atoms with Gasteiger partial charge in [-0.25, -0.2) is 8.78 Å². The first kappa shape index (κ1) is 16.8. The van der Waals surface area contributed by atoms with E-state index >= 15 is 0 Å². The Balaban J connectivity index is 1.89. The molecule has 2 aromatic rings. The first-order valence-electron chi connectivity index (χ1n) is 7.90. The number of benzene rings is 1. The molecular formula is C17H18F2N2O2S. The fourth-order valence-corrected chi connectivity index (χ4v) is 3.61. The number of hydrogen-bond acceptors (Lipinski definition) is 3. The van der Waals surface area contributed by atoms with Crippen molar-refractivity contribution in [2.45, 2.75) is 38.6 Å². The second-order valence-electron chi connectivity index (χ2n) is 5.85. The zero-order valence-corrected chi connectivity index (χ0v) is 14.1. The highest BCUT2D eigenvalue weighted by Gasteiger charge is 2.29. The second-order valence-corrected chi connectivity index (χ2v) is 6.24. The number of rotatable bonds is 5. The van der Waals surface area contributed by atoms with E-state index in [4.69, 9.17) is 17.0 Å². The van der Waals surface area contributed by atoms with Crippen LogP contribution in [0, 0.1) is 16.4 Å². The number of H-pyrrole nitrogens is 1. The molecule has 3 rings (SSSR count). The average Bonchev–Trinajstić information content (AvgIpc) is 3.06. The molecule has 1 N–H and O–H groups in total. The number of fused-ring (bicyclic) bond motifs is 1.